The number of carbonyl (C=O) groups is 1. The quantitative estimate of drug-likeness (QED) is 0.553. The van der Waals surface area contributed by atoms with E-state index in [1.165, 1.54) is 0 Å². The standard InChI is InChI=1S/C12H6Br2Cl2O2S/c13-7-2-1-3-8(14)11(7)18-5-9(17)6-4-10(15)19-12(6)16/h1-4H,5H2. The maximum absolute atomic E-state index is 12.0. The average Bonchev–Trinajstić information content (AvgIpc) is 2.67. The molecule has 1 aromatic carbocycles. The van der Waals surface area contributed by atoms with Crippen molar-refractivity contribution in [2.24, 2.45) is 0 Å². The van der Waals surface area contributed by atoms with Crippen molar-refractivity contribution in [2.75, 3.05) is 6.61 Å². The first kappa shape index (κ1) is 15.3. The van der Waals surface area contributed by atoms with Crippen LogP contribution in [0.15, 0.2) is 33.2 Å². The van der Waals surface area contributed by atoms with E-state index < -0.39 is 0 Å². The molecule has 1 aromatic heterocycles. The van der Waals surface area contributed by atoms with Gasteiger partial charge in [-0.25, -0.2) is 0 Å². The summed E-state index contributed by atoms with van der Waals surface area (Å²) in [6, 6.07) is 7.08. The Morgan fingerprint density at radius 1 is 1.26 bits per heavy atom. The van der Waals surface area contributed by atoms with Crippen LogP contribution in [0.5, 0.6) is 5.75 Å². The fraction of sp³-hybridized carbons (Fsp3) is 0.0833. The molecule has 0 atom stereocenters. The summed E-state index contributed by atoms with van der Waals surface area (Å²) >= 11 is 19.6. The zero-order chi connectivity index (χ0) is 14.0. The molecule has 0 saturated heterocycles. The highest BCUT2D eigenvalue weighted by Gasteiger charge is 2.16. The minimum atomic E-state index is -0.212. The van der Waals surface area contributed by atoms with Gasteiger partial charge in [-0.1, -0.05) is 29.3 Å². The number of hydrogen-bond acceptors (Lipinski definition) is 3. The number of ether oxygens (including phenoxy) is 1. The summed E-state index contributed by atoms with van der Waals surface area (Å²) in [4.78, 5) is 12.0. The third kappa shape index (κ3) is 3.73. The molecule has 0 saturated carbocycles. The van der Waals surface area contributed by atoms with E-state index in [0.29, 0.717) is 20.0 Å². The molecule has 19 heavy (non-hydrogen) atoms. The molecule has 2 rings (SSSR count). The molecular formula is C12H6Br2Cl2O2S. The van der Waals surface area contributed by atoms with Crippen molar-refractivity contribution in [1.29, 1.82) is 0 Å². The second-order valence-electron chi connectivity index (χ2n) is 3.50. The van der Waals surface area contributed by atoms with Crippen molar-refractivity contribution < 1.29 is 9.53 Å². The Kier molecular flexibility index (Phi) is 5.31. The minimum absolute atomic E-state index is 0.103. The molecule has 0 aliphatic carbocycles. The van der Waals surface area contributed by atoms with Gasteiger partial charge in [0.1, 0.15) is 10.1 Å². The first-order valence-corrected chi connectivity index (χ1v) is 8.19. The Hall–Kier alpha value is -0.0700. The van der Waals surface area contributed by atoms with Gasteiger partial charge >= 0.3 is 0 Å². The van der Waals surface area contributed by atoms with E-state index in [1.54, 1.807) is 6.07 Å². The lowest BCUT2D eigenvalue weighted by molar-refractivity contribution is 0.0921. The van der Waals surface area contributed by atoms with Gasteiger partial charge in [-0.05, 0) is 50.1 Å². The molecule has 2 nitrogen and oxygen atoms in total. The molecule has 1 heterocycles. The molecule has 0 N–H and O–H groups in total. The fourth-order valence-electron chi connectivity index (χ4n) is 1.37. The maximum atomic E-state index is 12.0. The summed E-state index contributed by atoms with van der Waals surface area (Å²) in [5.41, 5.74) is 0.389. The Labute approximate surface area is 140 Å². The molecule has 0 aliphatic rings. The summed E-state index contributed by atoms with van der Waals surface area (Å²) in [5.74, 6) is 0.365. The predicted molar refractivity (Wildman–Crippen MR) is 86.0 cm³/mol. The SMILES string of the molecule is O=C(COc1c(Br)cccc1Br)c1cc(Cl)sc1Cl. The van der Waals surface area contributed by atoms with Crippen LogP contribution in [0.25, 0.3) is 0 Å². The average molecular weight is 445 g/mol. The number of rotatable bonds is 4. The van der Waals surface area contributed by atoms with Gasteiger partial charge < -0.3 is 4.74 Å². The zero-order valence-corrected chi connectivity index (χ0v) is 14.8. The number of ketones is 1. The molecule has 0 unspecified atom stereocenters. The predicted octanol–water partition coefficient (Wildman–Crippen LogP) is 5.84. The third-order valence-corrected chi connectivity index (χ3v) is 4.96. The molecule has 0 spiro atoms. The van der Waals surface area contributed by atoms with Crippen molar-refractivity contribution in [1.82, 2.24) is 0 Å². The highest BCUT2D eigenvalue weighted by Crippen LogP contribution is 2.34. The van der Waals surface area contributed by atoms with Crippen LogP contribution in [0, 0.1) is 0 Å². The van der Waals surface area contributed by atoms with Gasteiger partial charge in [0.05, 0.1) is 18.8 Å². The number of hydrogen-bond donors (Lipinski definition) is 0. The van der Waals surface area contributed by atoms with Crippen molar-refractivity contribution in [2.45, 2.75) is 0 Å². The van der Waals surface area contributed by atoms with Crippen molar-refractivity contribution in [3.63, 3.8) is 0 Å². The van der Waals surface area contributed by atoms with Crippen LogP contribution in [0.4, 0.5) is 0 Å². The summed E-state index contributed by atoms with van der Waals surface area (Å²) in [6.07, 6.45) is 0. The normalized spacial score (nSPS) is 10.5. The number of para-hydroxylation sites is 1. The van der Waals surface area contributed by atoms with Gasteiger partial charge in [0.2, 0.25) is 5.78 Å². The molecule has 2 aromatic rings. The lowest BCUT2D eigenvalue weighted by Gasteiger charge is -2.09. The molecule has 0 fully saturated rings. The summed E-state index contributed by atoms with van der Waals surface area (Å²) in [6.45, 7) is -0.103. The van der Waals surface area contributed by atoms with E-state index in [9.17, 15) is 4.79 Å². The van der Waals surface area contributed by atoms with Crippen LogP contribution in [-0.4, -0.2) is 12.4 Å². The van der Waals surface area contributed by atoms with E-state index in [1.807, 2.05) is 18.2 Å². The second kappa shape index (κ2) is 6.59. The van der Waals surface area contributed by atoms with Crippen LogP contribution in [-0.2, 0) is 0 Å². The smallest absolute Gasteiger partial charge is 0.202 e. The molecule has 7 heteroatoms. The summed E-state index contributed by atoms with van der Waals surface area (Å²) in [5, 5.41) is 0. The Bertz CT molecular complexity index is 608. The van der Waals surface area contributed by atoms with Crippen molar-refractivity contribution in [3.8, 4) is 5.75 Å². The third-order valence-electron chi connectivity index (χ3n) is 2.22. The largest absolute Gasteiger partial charge is 0.483 e. The van der Waals surface area contributed by atoms with Crippen molar-refractivity contribution in [3.05, 3.63) is 47.4 Å². The van der Waals surface area contributed by atoms with Gasteiger partial charge in [-0.3, -0.25) is 4.79 Å². The highest BCUT2D eigenvalue weighted by molar-refractivity contribution is 9.11. The van der Waals surface area contributed by atoms with Crippen LogP contribution < -0.4 is 4.74 Å². The maximum Gasteiger partial charge on any atom is 0.202 e. The topological polar surface area (TPSA) is 26.3 Å². The van der Waals surface area contributed by atoms with E-state index in [-0.39, 0.29) is 12.4 Å². The van der Waals surface area contributed by atoms with Gasteiger partial charge in [0, 0.05) is 0 Å². The number of Topliss-reactive ketones (excluding diaryl/α,β-unsaturated/α-hetero) is 1. The van der Waals surface area contributed by atoms with Gasteiger partial charge in [0.15, 0.2) is 6.61 Å². The van der Waals surface area contributed by atoms with Crippen LogP contribution in [0.3, 0.4) is 0 Å². The van der Waals surface area contributed by atoms with Gasteiger partial charge in [-0.2, -0.15) is 0 Å². The minimum Gasteiger partial charge on any atom is -0.483 e. The summed E-state index contributed by atoms with van der Waals surface area (Å²) in [7, 11) is 0. The fourth-order valence-corrected chi connectivity index (χ4v) is 4.09. The van der Waals surface area contributed by atoms with E-state index in [2.05, 4.69) is 31.9 Å². The number of benzene rings is 1. The first-order valence-electron chi connectivity index (χ1n) is 5.04. The first-order chi connectivity index (χ1) is 8.99. The monoisotopic (exact) mass is 442 g/mol. The van der Waals surface area contributed by atoms with E-state index in [0.717, 1.165) is 20.3 Å². The Morgan fingerprint density at radius 3 is 2.42 bits per heavy atom. The molecule has 0 aliphatic heterocycles. The molecule has 0 bridgehead atoms. The van der Waals surface area contributed by atoms with E-state index in [4.69, 9.17) is 27.9 Å². The molecule has 100 valence electrons. The number of carbonyl (C=O) groups excluding carboxylic acids is 1. The number of thiophene rings is 1. The molecular weight excluding hydrogens is 439 g/mol. The zero-order valence-electron chi connectivity index (χ0n) is 9.25. The van der Waals surface area contributed by atoms with E-state index >= 15 is 0 Å². The lowest BCUT2D eigenvalue weighted by Crippen LogP contribution is -2.11. The van der Waals surface area contributed by atoms with Crippen LogP contribution in [0.2, 0.25) is 8.67 Å². The van der Waals surface area contributed by atoms with Gasteiger partial charge in [0.25, 0.3) is 0 Å². The Morgan fingerprint density at radius 2 is 1.89 bits per heavy atom. The second-order valence-corrected chi connectivity index (χ2v) is 7.49. The van der Waals surface area contributed by atoms with Crippen LogP contribution >= 0.6 is 66.4 Å². The van der Waals surface area contributed by atoms with Gasteiger partial charge in [-0.15, -0.1) is 11.3 Å². The Balaban J connectivity index is 2.11. The lowest BCUT2D eigenvalue weighted by atomic mass is 10.2. The number of halogens is 4. The highest BCUT2D eigenvalue weighted by atomic mass is 79.9. The van der Waals surface area contributed by atoms with Crippen molar-refractivity contribution >= 4 is 72.2 Å². The molecule has 0 radical (unpaired) electrons. The summed E-state index contributed by atoms with van der Waals surface area (Å²) < 4.78 is 7.90. The molecule has 0 amide bonds. The van der Waals surface area contributed by atoms with Crippen LogP contribution in [0.1, 0.15) is 10.4 Å².